The highest BCUT2D eigenvalue weighted by molar-refractivity contribution is 5.76. The molecule has 0 spiro atoms. The number of nitro groups is 1. The van der Waals surface area contributed by atoms with Gasteiger partial charge in [0.05, 0.1) is 11.0 Å². The standard InChI is InChI=1S/C17H23N3O3/c1-11(13-3-2-4-16(10-13)20(22)23)18-17(21)9-12-7-14-5-6-15(8-12)19-14/h2-4,10-12,14-15,19H,5-9H2,1H3,(H,18,21). The minimum atomic E-state index is -0.414. The molecule has 2 heterocycles. The van der Waals surface area contributed by atoms with Crippen molar-refractivity contribution in [2.45, 2.75) is 57.2 Å². The third kappa shape index (κ3) is 3.88. The molecule has 23 heavy (non-hydrogen) atoms. The third-order valence-electron chi connectivity index (χ3n) is 5.00. The number of piperidine rings is 1. The van der Waals surface area contributed by atoms with Gasteiger partial charge in [-0.25, -0.2) is 0 Å². The molecule has 2 bridgehead atoms. The Bertz CT molecular complexity index is 593. The second-order valence-corrected chi connectivity index (χ2v) is 6.82. The van der Waals surface area contributed by atoms with Gasteiger partial charge in [-0.15, -0.1) is 0 Å². The second-order valence-electron chi connectivity index (χ2n) is 6.82. The first-order valence-electron chi connectivity index (χ1n) is 8.31. The van der Waals surface area contributed by atoms with Gasteiger partial charge in [-0.05, 0) is 44.1 Å². The predicted octanol–water partition coefficient (Wildman–Crippen LogP) is 2.69. The Morgan fingerprint density at radius 1 is 1.39 bits per heavy atom. The lowest BCUT2D eigenvalue weighted by molar-refractivity contribution is -0.384. The van der Waals surface area contributed by atoms with Gasteiger partial charge in [0.2, 0.25) is 5.91 Å². The maximum Gasteiger partial charge on any atom is 0.269 e. The fraction of sp³-hybridized carbons (Fsp3) is 0.588. The summed E-state index contributed by atoms with van der Waals surface area (Å²) in [5.41, 5.74) is 0.816. The molecule has 3 rings (SSSR count). The van der Waals surface area contributed by atoms with Gasteiger partial charge in [-0.1, -0.05) is 12.1 Å². The number of fused-ring (bicyclic) bond motifs is 2. The van der Waals surface area contributed by atoms with Crippen LogP contribution < -0.4 is 10.6 Å². The molecule has 6 nitrogen and oxygen atoms in total. The van der Waals surface area contributed by atoms with E-state index in [-0.39, 0.29) is 17.6 Å². The third-order valence-corrected chi connectivity index (χ3v) is 5.00. The van der Waals surface area contributed by atoms with Crippen LogP contribution in [0.15, 0.2) is 24.3 Å². The summed E-state index contributed by atoms with van der Waals surface area (Å²) < 4.78 is 0. The largest absolute Gasteiger partial charge is 0.350 e. The van der Waals surface area contributed by atoms with Gasteiger partial charge in [0.15, 0.2) is 0 Å². The van der Waals surface area contributed by atoms with Crippen molar-refractivity contribution in [3.8, 4) is 0 Å². The molecule has 0 radical (unpaired) electrons. The van der Waals surface area contributed by atoms with E-state index in [1.54, 1.807) is 6.07 Å². The van der Waals surface area contributed by atoms with Crippen LogP contribution in [0.1, 0.15) is 50.6 Å². The molecule has 124 valence electrons. The number of hydrogen-bond donors (Lipinski definition) is 2. The monoisotopic (exact) mass is 317 g/mol. The Balaban J connectivity index is 1.55. The van der Waals surface area contributed by atoms with Crippen molar-refractivity contribution in [3.05, 3.63) is 39.9 Å². The van der Waals surface area contributed by atoms with E-state index in [2.05, 4.69) is 10.6 Å². The van der Waals surface area contributed by atoms with Gasteiger partial charge in [0, 0.05) is 30.6 Å². The van der Waals surface area contributed by atoms with Crippen LogP contribution in [-0.2, 0) is 4.79 Å². The minimum absolute atomic E-state index is 0.0373. The van der Waals surface area contributed by atoms with Crippen molar-refractivity contribution in [3.63, 3.8) is 0 Å². The SMILES string of the molecule is CC(NC(=O)CC1CC2CCC(C1)N2)c1cccc([N+](=O)[O-])c1. The van der Waals surface area contributed by atoms with Crippen LogP contribution in [0, 0.1) is 16.0 Å². The molecule has 0 saturated carbocycles. The molecule has 6 heteroatoms. The Morgan fingerprint density at radius 3 is 2.74 bits per heavy atom. The smallest absolute Gasteiger partial charge is 0.269 e. The van der Waals surface area contributed by atoms with Gasteiger partial charge in [0.25, 0.3) is 5.69 Å². The van der Waals surface area contributed by atoms with Gasteiger partial charge in [-0.3, -0.25) is 14.9 Å². The van der Waals surface area contributed by atoms with Crippen molar-refractivity contribution in [1.82, 2.24) is 10.6 Å². The van der Waals surface area contributed by atoms with E-state index >= 15 is 0 Å². The number of hydrogen-bond acceptors (Lipinski definition) is 4. The zero-order valence-electron chi connectivity index (χ0n) is 13.3. The Morgan fingerprint density at radius 2 is 2.09 bits per heavy atom. The fourth-order valence-electron chi connectivity index (χ4n) is 3.90. The summed E-state index contributed by atoms with van der Waals surface area (Å²) in [4.78, 5) is 22.7. The summed E-state index contributed by atoms with van der Waals surface area (Å²) in [5, 5.41) is 17.4. The Labute approximate surface area is 135 Å². The number of rotatable bonds is 5. The van der Waals surface area contributed by atoms with Crippen molar-refractivity contribution >= 4 is 11.6 Å². The van der Waals surface area contributed by atoms with E-state index in [9.17, 15) is 14.9 Å². The number of carbonyl (C=O) groups is 1. The number of amides is 1. The summed E-state index contributed by atoms with van der Waals surface area (Å²) in [6, 6.07) is 7.39. The first-order chi connectivity index (χ1) is 11.0. The van der Waals surface area contributed by atoms with Crippen molar-refractivity contribution < 1.29 is 9.72 Å². The van der Waals surface area contributed by atoms with E-state index in [1.807, 2.05) is 13.0 Å². The lowest BCUT2D eigenvalue weighted by Crippen LogP contribution is -2.40. The maximum absolute atomic E-state index is 12.3. The molecule has 2 N–H and O–H groups in total. The van der Waals surface area contributed by atoms with Crippen LogP contribution >= 0.6 is 0 Å². The topological polar surface area (TPSA) is 84.3 Å². The zero-order valence-corrected chi connectivity index (χ0v) is 13.3. The van der Waals surface area contributed by atoms with E-state index in [0.717, 1.165) is 18.4 Å². The molecule has 3 atom stereocenters. The molecular formula is C17H23N3O3. The van der Waals surface area contributed by atoms with Gasteiger partial charge in [-0.2, -0.15) is 0 Å². The first kappa shape index (κ1) is 15.9. The normalized spacial score (nSPS) is 27.4. The Kier molecular flexibility index (Phi) is 4.61. The first-order valence-corrected chi connectivity index (χ1v) is 8.31. The molecule has 3 unspecified atom stereocenters. The molecule has 2 aliphatic heterocycles. The van der Waals surface area contributed by atoms with Crippen LogP contribution in [-0.4, -0.2) is 22.9 Å². The van der Waals surface area contributed by atoms with Gasteiger partial charge >= 0.3 is 0 Å². The molecule has 1 aromatic rings. The lowest BCUT2D eigenvalue weighted by Gasteiger charge is -2.29. The Hall–Kier alpha value is -1.95. The van der Waals surface area contributed by atoms with Crippen molar-refractivity contribution in [2.24, 2.45) is 5.92 Å². The summed E-state index contributed by atoms with van der Waals surface area (Å²) >= 11 is 0. The molecule has 1 aromatic carbocycles. The molecule has 2 saturated heterocycles. The highest BCUT2D eigenvalue weighted by Gasteiger charge is 2.34. The average Bonchev–Trinajstić information content (AvgIpc) is 2.86. The highest BCUT2D eigenvalue weighted by atomic mass is 16.6. The molecular weight excluding hydrogens is 294 g/mol. The van der Waals surface area contributed by atoms with E-state index in [1.165, 1.54) is 25.0 Å². The van der Waals surface area contributed by atoms with Crippen LogP contribution in [0.3, 0.4) is 0 Å². The number of non-ortho nitro benzene ring substituents is 1. The molecule has 2 aliphatic rings. The number of nitrogens with one attached hydrogen (secondary N) is 2. The van der Waals surface area contributed by atoms with E-state index in [4.69, 9.17) is 0 Å². The summed E-state index contributed by atoms with van der Waals surface area (Å²) in [6.07, 6.45) is 5.16. The van der Waals surface area contributed by atoms with E-state index < -0.39 is 4.92 Å². The number of carbonyl (C=O) groups excluding carboxylic acids is 1. The molecule has 0 aromatic heterocycles. The van der Waals surface area contributed by atoms with E-state index in [0.29, 0.717) is 24.4 Å². The fourth-order valence-corrected chi connectivity index (χ4v) is 3.90. The summed E-state index contributed by atoms with van der Waals surface area (Å²) in [5.74, 6) is 0.487. The van der Waals surface area contributed by atoms with Crippen molar-refractivity contribution in [1.29, 1.82) is 0 Å². The molecule has 1 amide bonds. The van der Waals surface area contributed by atoms with Crippen LogP contribution in [0.5, 0.6) is 0 Å². The van der Waals surface area contributed by atoms with Gasteiger partial charge in [0.1, 0.15) is 0 Å². The number of nitrogens with zero attached hydrogens (tertiary/aromatic N) is 1. The van der Waals surface area contributed by atoms with Gasteiger partial charge < -0.3 is 10.6 Å². The quantitative estimate of drug-likeness (QED) is 0.646. The summed E-state index contributed by atoms with van der Waals surface area (Å²) in [6.45, 7) is 1.86. The lowest BCUT2D eigenvalue weighted by atomic mass is 9.89. The minimum Gasteiger partial charge on any atom is -0.350 e. The number of benzene rings is 1. The van der Waals surface area contributed by atoms with Crippen LogP contribution in [0.4, 0.5) is 5.69 Å². The van der Waals surface area contributed by atoms with Crippen LogP contribution in [0.25, 0.3) is 0 Å². The van der Waals surface area contributed by atoms with Crippen LogP contribution in [0.2, 0.25) is 0 Å². The van der Waals surface area contributed by atoms with Crippen molar-refractivity contribution in [2.75, 3.05) is 0 Å². The zero-order chi connectivity index (χ0) is 16.4. The summed E-state index contributed by atoms with van der Waals surface area (Å²) in [7, 11) is 0. The molecule has 0 aliphatic carbocycles. The highest BCUT2D eigenvalue weighted by Crippen LogP contribution is 2.32. The predicted molar refractivity (Wildman–Crippen MR) is 86.9 cm³/mol. The average molecular weight is 317 g/mol. The second kappa shape index (κ2) is 6.66. The maximum atomic E-state index is 12.3. The number of nitro benzene ring substituents is 1. The molecule has 2 fully saturated rings.